The van der Waals surface area contributed by atoms with Crippen molar-refractivity contribution < 1.29 is 4.79 Å². The van der Waals surface area contributed by atoms with Crippen LogP contribution in [0.1, 0.15) is 30.1 Å². The van der Waals surface area contributed by atoms with E-state index in [2.05, 4.69) is 48.9 Å². The van der Waals surface area contributed by atoms with Gasteiger partial charge >= 0.3 is 0 Å². The molecule has 1 amide bonds. The molecular formula is C13H15BrN6OS. The van der Waals surface area contributed by atoms with E-state index in [0.717, 1.165) is 12.8 Å². The maximum Gasteiger partial charge on any atom is 0.269 e. The van der Waals surface area contributed by atoms with E-state index in [1.165, 1.54) is 4.80 Å². The quantitative estimate of drug-likeness (QED) is 0.772. The van der Waals surface area contributed by atoms with Gasteiger partial charge in [-0.1, -0.05) is 30.6 Å². The molecular weight excluding hydrogens is 368 g/mol. The maximum absolute atomic E-state index is 12.1. The molecule has 0 bridgehead atoms. The van der Waals surface area contributed by atoms with E-state index in [1.54, 1.807) is 18.2 Å². The minimum absolute atomic E-state index is 0.121. The lowest BCUT2D eigenvalue weighted by molar-refractivity contribution is 0.0977. The minimum Gasteiger partial charge on any atom is -0.299 e. The summed E-state index contributed by atoms with van der Waals surface area (Å²) >= 11 is 8.40. The molecule has 1 aromatic heterocycles. The highest BCUT2D eigenvalue weighted by atomic mass is 79.9. The van der Waals surface area contributed by atoms with Crippen molar-refractivity contribution in [3.63, 3.8) is 0 Å². The summed E-state index contributed by atoms with van der Waals surface area (Å²) in [7, 11) is 0. The van der Waals surface area contributed by atoms with Crippen LogP contribution in [-0.4, -0.2) is 31.2 Å². The van der Waals surface area contributed by atoms with Crippen LogP contribution >= 0.6 is 28.1 Å². The minimum atomic E-state index is -0.316. The maximum atomic E-state index is 12.1. The zero-order valence-corrected chi connectivity index (χ0v) is 14.3. The lowest BCUT2D eigenvalue weighted by Crippen LogP contribution is -2.34. The number of carbonyl (C=O) groups is 1. The number of nitrogens with one attached hydrogen (secondary N) is 2. The second-order valence-electron chi connectivity index (χ2n) is 4.45. The number of thiocarbonyl (C=S) groups is 1. The molecule has 2 aromatic rings. The smallest absolute Gasteiger partial charge is 0.269 e. The highest BCUT2D eigenvalue weighted by molar-refractivity contribution is 9.10. The van der Waals surface area contributed by atoms with Crippen molar-refractivity contribution >= 4 is 45.1 Å². The SMILES string of the molecule is CCCCn1nnc(NC(=S)NC(=O)c2ccccc2Br)n1. The molecule has 0 radical (unpaired) electrons. The van der Waals surface area contributed by atoms with E-state index >= 15 is 0 Å². The Morgan fingerprint density at radius 2 is 2.18 bits per heavy atom. The Labute approximate surface area is 141 Å². The number of nitrogens with zero attached hydrogens (tertiary/aromatic N) is 4. The van der Waals surface area contributed by atoms with Gasteiger partial charge in [-0.05, 0) is 51.9 Å². The molecule has 0 unspecified atom stereocenters. The van der Waals surface area contributed by atoms with Gasteiger partial charge in [-0.25, -0.2) is 0 Å². The van der Waals surface area contributed by atoms with E-state index in [9.17, 15) is 4.79 Å². The molecule has 9 heteroatoms. The number of halogens is 1. The Kier molecular flexibility index (Phi) is 5.96. The Hall–Kier alpha value is -1.87. The molecule has 116 valence electrons. The average Bonchev–Trinajstić information content (AvgIpc) is 2.92. The van der Waals surface area contributed by atoms with Crippen molar-refractivity contribution in [1.29, 1.82) is 0 Å². The number of tetrazole rings is 1. The van der Waals surface area contributed by atoms with Crippen LogP contribution in [-0.2, 0) is 6.54 Å². The first-order valence-corrected chi connectivity index (χ1v) is 7.95. The Balaban J connectivity index is 1.91. The summed E-state index contributed by atoms with van der Waals surface area (Å²) in [5, 5.41) is 17.3. The molecule has 0 saturated carbocycles. The number of amides is 1. The van der Waals surface area contributed by atoms with Gasteiger partial charge in [0.05, 0.1) is 12.1 Å². The van der Waals surface area contributed by atoms with Crippen LogP contribution < -0.4 is 10.6 Å². The Morgan fingerprint density at radius 3 is 2.91 bits per heavy atom. The monoisotopic (exact) mass is 382 g/mol. The fourth-order valence-electron chi connectivity index (χ4n) is 1.64. The fourth-order valence-corrected chi connectivity index (χ4v) is 2.28. The van der Waals surface area contributed by atoms with Crippen molar-refractivity contribution in [1.82, 2.24) is 25.5 Å². The highest BCUT2D eigenvalue weighted by Gasteiger charge is 2.12. The second kappa shape index (κ2) is 7.95. The van der Waals surface area contributed by atoms with Crippen molar-refractivity contribution in [3.05, 3.63) is 34.3 Å². The van der Waals surface area contributed by atoms with Crippen LogP contribution in [0, 0.1) is 0 Å². The van der Waals surface area contributed by atoms with Gasteiger partial charge in [0.15, 0.2) is 5.11 Å². The first-order chi connectivity index (χ1) is 10.6. The van der Waals surface area contributed by atoms with Gasteiger partial charge in [-0.3, -0.25) is 15.4 Å². The summed E-state index contributed by atoms with van der Waals surface area (Å²) in [6.07, 6.45) is 2.02. The van der Waals surface area contributed by atoms with Crippen LogP contribution in [0.3, 0.4) is 0 Å². The van der Waals surface area contributed by atoms with E-state index in [4.69, 9.17) is 12.2 Å². The molecule has 0 atom stereocenters. The van der Waals surface area contributed by atoms with E-state index in [1.807, 2.05) is 6.07 Å². The standard InChI is InChI=1S/C13H15BrN6OS/c1-2-3-8-20-18-12(17-19-20)16-13(22)15-11(21)9-6-4-5-7-10(9)14/h4-7H,2-3,8H2,1H3,(H2,15,16,18,21,22). The van der Waals surface area contributed by atoms with Crippen molar-refractivity contribution in [2.24, 2.45) is 0 Å². The van der Waals surface area contributed by atoms with Crippen LogP contribution in [0.5, 0.6) is 0 Å². The first-order valence-electron chi connectivity index (χ1n) is 6.75. The molecule has 0 aliphatic carbocycles. The van der Waals surface area contributed by atoms with Crippen molar-refractivity contribution in [2.75, 3.05) is 5.32 Å². The molecule has 2 rings (SSSR count). The summed E-state index contributed by atoms with van der Waals surface area (Å²) in [5.41, 5.74) is 0.492. The van der Waals surface area contributed by atoms with Gasteiger partial charge in [0.1, 0.15) is 0 Å². The number of aromatic nitrogens is 4. The van der Waals surface area contributed by atoms with Gasteiger partial charge in [-0.15, -0.1) is 5.10 Å². The topological polar surface area (TPSA) is 84.7 Å². The number of carbonyl (C=O) groups excluding carboxylic acids is 1. The molecule has 0 saturated heterocycles. The molecule has 0 fully saturated rings. The summed E-state index contributed by atoms with van der Waals surface area (Å²) in [5.74, 6) is -0.0584. The predicted molar refractivity (Wildman–Crippen MR) is 90.6 cm³/mol. The number of aryl methyl sites for hydroxylation is 1. The van der Waals surface area contributed by atoms with Gasteiger partial charge in [-0.2, -0.15) is 4.80 Å². The summed E-state index contributed by atoms with van der Waals surface area (Å²) < 4.78 is 0.693. The summed E-state index contributed by atoms with van der Waals surface area (Å²) in [6.45, 7) is 2.78. The van der Waals surface area contributed by atoms with E-state index in [-0.39, 0.29) is 17.0 Å². The Morgan fingerprint density at radius 1 is 1.41 bits per heavy atom. The summed E-state index contributed by atoms with van der Waals surface area (Å²) in [6, 6.07) is 7.08. The van der Waals surface area contributed by atoms with Gasteiger partial charge in [0, 0.05) is 4.47 Å². The second-order valence-corrected chi connectivity index (χ2v) is 5.71. The molecule has 1 aromatic carbocycles. The third kappa shape index (κ3) is 4.57. The van der Waals surface area contributed by atoms with Crippen LogP contribution in [0.15, 0.2) is 28.7 Å². The average molecular weight is 383 g/mol. The van der Waals surface area contributed by atoms with Crippen LogP contribution in [0.4, 0.5) is 5.95 Å². The van der Waals surface area contributed by atoms with Crippen LogP contribution in [0.25, 0.3) is 0 Å². The fraction of sp³-hybridized carbons (Fsp3) is 0.308. The zero-order valence-electron chi connectivity index (χ0n) is 11.9. The number of anilines is 1. The highest BCUT2D eigenvalue weighted by Crippen LogP contribution is 2.15. The van der Waals surface area contributed by atoms with E-state index < -0.39 is 0 Å². The molecule has 0 spiro atoms. The molecule has 1 heterocycles. The number of hydrogen-bond acceptors (Lipinski definition) is 5. The first kappa shape index (κ1) is 16.5. The zero-order chi connectivity index (χ0) is 15.9. The Bertz CT molecular complexity index is 674. The molecule has 2 N–H and O–H groups in total. The normalized spacial score (nSPS) is 10.3. The molecule has 7 nitrogen and oxygen atoms in total. The van der Waals surface area contributed by atoms with Crippen molar-refractivity contribution in [2.45, 2.75) is 26.3 Å². The van der Waals surface area contributed by atoms with E-state index in [0.29, 0.717) is 16.6 Å². The van der Waals surface area contributed by atoms with Gasteiger partial charge in [0.25, 0.3) is 11.9 Å². The lowest BCUT2D eigenvalue weighted by Gasteiger charge is -2.07. The third-order valence-corrected chi connectivity index (χ3v) is 3.63. The molecule has 0 aliphatic heterocycles. The number of rotatable bonds is 5. The third-order valence-electron chi connectivity index (χ3n) is 2.74. The molecule has 22 heavy (non-hydrogen) atoms. The number of benzene rings is 1. The van der Waals surface area contributed by atoms with Crippen molar-refractivity contribution in [3.8, 4) is 0 Å². The summed E-state index contributed by atoms with van der Waals surface area (Å²) in [4.78, 5) is 13.6. The van der Waals surface area contributed by atoms with Gasteiger partial charge < -0.3 is 0 Å². The lowest BCUT2D eigenvalue weighted by atomic mass is 10.2. The number of unbranched alkanes of at least 4 members (excludes halogenated alkanes) is 1. The van der Waals surface area contributed by atoms with Gasteiger partial charge in [0.2, 0.25) is 0 Å². The van der Waals surface area contributed by atoms with Crippen LogP contribution in [0.2, 0.25) is 0 Å². The number of hydrogen-bond donors (Lipinski definition) is 2. The molecule has 0 aliphatic rings. The predicted octanol–water partition coefficient (Wildman–Crippen LogP) is 2.36. The largest absolute Gasteiger partial charge is 0.299 e.